The van der Waals surface area contributed by atoms with E-state index in [0.717, 1.165) is 24.8 Å². The summed E-state index contributed by atoms with van der Waals surface area (Å²) in [6.07, 6.45) is 2.99. The van der Waals surface area contributed by atoms with Crippen molar-refractivity contribution in [1.82, 2.24) is 5.32 Å². The van der Waals surface area contributed by atoms with Crippen LogP contribution in [0.25, 0.3) is 0 Å². The summed E-state index contributed by atoms with van der Waals surface area (Å²) in [5, 5.41) is 2.66. The van der Waals surface area contributed by atoms with Crippen molar-refractivity contribution in [1.29, 1.82) is 0 Å². The maximum atomic E-state index is 11.0. The second-order valence-electron chi connectivity index (χ2n) is 4.63. The van der Waals surface area contributed by atoms with Gasteiger partial charge in [0, 0.05) is 5.56 Å². The first kappa shape index (κ1) is 16.3. The summed E-state index contributed by atoms with van der Waals surface area (Å²) in [7, 11) is 0. The minimum Gasteiger partial charge on any atom is -0.344 e. The molecule has 1 amide bonds. The van der Waals surface area contributed by atoms with Crippen molar-refractivity contribution in [2.24, 2.45) is 5.73 Å². The zero-order chi connectivity index (χ0) is 15.0. The molecule has 0 radical (unpaired) electrons. The molecule has 0 aliphatic heterocycles. The fourth-order valence-corrected chi connectivity index (χ4v) is 2.11. The molecule has 108 valence electrons. The minimum absolute atomic E-state index is 0.00724. The lowest BCUT2D eigenvalue weighted by molar-refractivity contribution is -0.119. The van der Waals surface area contributed by atoms with E-state index in [9.17, 15) is 4.79 Å². The van der Waals surface area contributed by atoms with Gasteiger partial charge in [0.05, 0.1) is 13.1 Å². The third-order valence-electron chi connectivity index (χ3n) is 3.30. The lowest BCUT2D eigenvalue weighted by atomic mass is 9.94. The molecule has 0 spiro atoms. The average molecular weight is 272 g/mol. The van der Waals surface area contributed by atoms with Gasteiger partial charge in [-0.15, -0.1) is 0 Å². The number of carbonyl (C=O) groups excluding carboxylic acids is 1. The molecule has 0 aliphatic rings. The van der Waals surface area contributed by atoms with Gasteiger partial charge >= 0.3 is 0 Å². The number of benzene rings is 1. The SMILES string of the molecule is CCc1cc(CC)c(C#CCNC(=O)CN)c(CC)c1. The van der Waals surface area contributed by atoms with Crippen LogP contribution >= 0.6 is 0 Å². The second kappa shape index (κ2) is 8.39. The van der Waals surface area contributed by atoms with Gasteiger partial charge in [-0.1, -0.05) is 44.7 Å². The van der Waals surface area contributed by atoms with Crippen molar-refractivity contribution in [3.63, 3.8) is 0 Å². The highest BCUT2D eigenvalue weighted by molar-refractivity contribution is 5.78. The standard InChI is InChI=1S/C17H24N2O/c1-4-13-10-14(5-2)16(15(6-3)11-13)8-7-9-19-17(20)12-18/h10-11H,4-6,9,12,18H2,1-3H3,(H,19,20). The number of aryl methyl sites for hydroxylation is 3. The lowest BCUT2D eigenvalue weighted by Gasteiger charge is -2.10. The molecule has 3 nitrogen and oxygen atoms in total. The zero-order valence-electron chi connectivity index (χ0n) is 12.7. The van der Waals surface area contributed by atoms with Crippen molar-refractivity contribution in [3.8, 4) is 11.8 Å². The molecule has 0 aromatic heterocycles. The number of nitrogens with one attached hydrogen (secondary N) is 1. The molecule has 0 aliphatic carbocycles. The number of amides is 1. The Kier molecular flexibility index (Phi) is 6.83. The third-order valence-corrected chi connectivity index (χ3v) is 3.30. The molecule has 0 unspecified atom stereocenters. The molecule has 0 atom stereocenters. The second-order valence-corrected chi connectivity index (χ2v) is 4.63. The first-order valence-corrected chi connectivity index (χ1v) is 7.26. The van der Waals surface area contributed by atoms with Crippen LogP contribution in [0, 0.1) is 11.8 Å². The van der Waals surface area contributed by atoms with Gasteiger partial charge < -0.3 is 11.1 Å². The lowest BCUT2D eigenvalue weighted by Crippen LogP contribution is -2.30. The van der Waals surface area contributed by atoms with Crippen molar-refractivity contribution < 1.29 is 4.79 Å². The summed E-state index contributed by atoms with van der Waals surface area (Å²) in [4.78, 5) is 11.0. The molecule has 0 saturated heterocycles. The van der Waals surface area contributed by atoms with E-state index in [1.807, 2.05) is 0 Å². The number of rotatable bonds is 5. The van der Waals surface area contributed by atoms with E-state index in [0.29, 0.717) is 6.54 Å². The van der Waals surface area contributed by atoms with Crippen LogP contribution in [0.1, 0.15) is 43.0 Å². The Morgan fingerprint density at radius 2 is 1.75 bits per heavy atom. The maximum absolute atomic E-state index is 11.0. The largest absolute Gasteiger partial charge is 0.344 e. The molecular formula is C17H24N2O. The maximum Gasteiger partial charge on any atom is 0.234 e. The fraction of sp³-hybridized carbons (Fsp3) is 0.471. The van der Waals surface area contributed by atoms with E-state index < -0.39 is 0 Å². The molecule has 1 aromatic carbocycles. The molecule has 3 N–H and O–H groups in total. The summed E-state index contributed by atoms with van der Waals surface area (Å²) in [6, 6.07) is 4.48. The van der Waals surface area contributed by atoms with Crippen LogP contribution in [-0.4, -0.2) is 19.0 Å². The monoisotopic (exact) mass is 272 g/mol. The Morgan fingerprint density at radius 3 is 2.20 bits per heavy atom. The molecule has 0 heterocycles. The zero-order valence-corrected chi connectivity index (χ0v) is 12.7. The average Bonchev–Trinajstić information content (AvgIpc) is 2.50. The Balaban J connectivity index is 2.98. The van der Waals surface area contributed by atoms with Crippen LogP contribution in [0.2, 0.25) is 0 Å². The van der Waals surface area contributed by atoms with E-state index in [1.165, 1.54) is 16.7 Å². The number of nitrogens with two attached hydrogens (primary N) is 1. The predicted molar refractivity (Wildman–Crippen MR) is 83.5 cm³/mol. The van der Waals surface area contributed by atoms with Crippen molar-refractivity contribution >= 4 is 5.91 Å². The highest BCUT2D eigenvalue weighted by atomic mass is 16.1. The van der Waals surface area contributed by atoms with E-state index >= 15 is 0 Å². The van der Waals surface area contributed by atoms with Gasteiger partial charge in [0.2, 0.25) is 5.91 Å². The van der Waals surface area contributed by atoms with Gasteiger partial charge in [-0.25, -0.2) is 0 Å². The van der Waals surface area contributed by atoms with E-state index in [1.54, 1.807) is 0 Å². The smallest absolute Gasteiger partial charge is 0.234 e. The fourth-order valence-electron chi connectivity index (χ4n) is 2.11. The van der Waals surface area contributed by atoms with E-state index in [-0.39, 0.29) is 12.5 Å². The van der Waals surface area contributed by atoms with Crippen LogP contribution in [0.15, 0.2) is 12.1 Å². The van der Waals surface area contributed by atoms with Crippen LogP contribution < -0.4 is 11.1 Å². The van der Waals surface area contributed by atoms with Crippen LogP contribution in [-0.2, 0) is 24.1 Å². The van der Waals surface area contributed by atoms with Gasteiger partial charge in [-0.05, 0) is 36.0 Å². The summed E-state index contributed by atoms with van der Waals surface area (Å²) < 4.78 is 0. The van der Waals surface area contributed by atoms with Gasteiger partial charge in [0.1, 0.15) is 0 Å². The summed E-state index contributed by atoms with van der Waals surface area (Å²) in [5.41, 5.74) is 10.3. The Labute approximate surface area is 121 Å². The molecular weight excluding hydrogens is 248 g/mol. The van der Waals surface area contributed by atoms with Crippen molar-refractivity contribution in [3.05, 3.63) is 34.4 Å². The molecule has 0 fully saturated rings. The molecule has 0 saturated carbocycles. The molecule has 0 bridgehead atoms. The van der Waals surface area contributed by atoms with Gasteiger partial charge in [-0.3, -0.25) is 4.79 Å². The van der Waals surface area contributed by atoms with E-state index in [4.69, 9.17) is 5.73 Å². The number of hydrogen-bond donors (Lipinski definition) is 2. The molecule has 1 rings (SSSR count). The van der Waals surface area contributed by atoms with Crippen LogP contribution in [0.3, 0.4) is 0 Å². The third kappa shape index (κ3) is 4.40. The summed E-state index contributed by atoms with van der Waals surface area (Å²) in [6.45, 7) is 6.82. The predicted octanol–water partition coefficient (Wildman–Crippen LogP) is 1.80. The number of carbonyl (C=O) groups is 1. The van der Waals surface area contributed by atoms with Crippen LogP contribution in [0.5, 0.6) is 0 Å². The van der Waals surface area contributed by atoms with E-state index in [2.05, 4.69) is 50.1 Å². The number of hydrogen-bond acceptors (Lipinski definition) is 2. The molecule has 3 heteroatoms. The topological polar surface area (TPSA) is 55.1 Å². The summed E-state index contributed by atoms with van der Waals surface area (Å²) >= 11 is 0. The van der Waals surface area contributed by atoms with Crippen LogP contribution in [0.4, 0.5) is 0 Å². The van der Waals surface area contributed by atoms with Crippen molar-refractivity contribution in [2.45, 2.75) is 40.0 Å². The molecule has 20 heavy (non-hydrogen) atoms. The van der Waals surface area contributed by atoms with Gasteiger partial charge in [0.25, 0.3) is 0 Å². The summed E-state index contributed by atoms with van der Waals surface area (Å²) in [5.74, 6) is 6.05. The van der Waals surface area contributed by atoms with Gasteiger partial charge in [0.15, 0.2) is 0 Å². The first-order valence-electron chi connectivity index (χ1n) is 7.26. The highest BCUT2D eigenvalue weighted by Gasteiger charge is 2.06. The normalized spacial score (nSPS) is 9.80. The highest BCUT2D eigenvalue weighted by Crippen LogP contribution is 2.19. The molecule has 1 aromatic rings. The minimum atomic E-state index is -0.174. The quantitative estimate of drug-likeness (QED) is 0.803. The first-order chi connectivity index (χ1) is 9.65. The Morgan fingerprint density at radius 1 is 1.15 bits per heavy atom. The van der Waals surface area contributed by atoms with Crippen molar-refractivity contribution in [2.75, 3.05) is 13.1 Å². The Hall–Kier alpha value is -1.79. The Bertz CT molecular complexity index is 499. The van der Waals surface area contributed by atoms with Gasteiger partial charge in [-0.2, -0.15) is 0 Å².